The number of hydrogen-bond donors (Lipinski definition) is 1. The molecule has 2 atom stereocenters. The molecule has 1 aliphatic rings. The first kappa shape index (κ1) is 23.6. The van der Waals surface area contributed by atoms with E-state index < -0.39 is 12.4 Å². The van der Waals surface area contributed by atoms with E-state index in [9.17, 15) is 13.2 Å². The molecule has 0 radical (unpaired) electrons. The Bertz CT molecular complexity index is 1130. The number of methoxy groups -OCH3 is 1. The maximum absolute atomic E-state index is 14.6. The molecule has 1 aliphatic heterocycles. The molecule has 0 bridgehead atoms. The van der Waals surface area contributed by atoms with Gasteiger partial charge in [-0.1, -0.05) is 12.1 Å². The highest BCUT2D eigenvalue weighted by Crippen LogP contribution is 2.32. The van der Waals surface area contributed by atoms with Gasteiger partial charge in [0.25, 0.3) is 0 Å². The Kier molecular flexibility index (Phi) is 7.01. The van der Waals surface area contributed by atoms with E-state index in [0.717, 1.165) is 6.20 Å². The third kappa shape index (κ3) is 5.48. The molecule has 0 amide bonds. The van der Waals surface area contributed by atoms with Crippen molar-refractivity contribution in [3.63, 3.8) is 0 Å². The second-order valence-electron chi connectivity index (χ2n) is 7.84. The maximum Gasteiger partial charge on any atom is 0.387 e. The Labute approximate surface area is 196 Å². The van der Waals surface area contributed by atoms with Crippen LogP contribution in [0.25, 0.3) is 11.1 Å². The number of halogens is 3. The Morgan fingerprint density at radius 1 is 1.09 bits per heavy atom. The minimum atomic E-state index is -2.90. The topological polar surface area (TPSA) is 81.6 Å². The van der Waals surface area contributed by atoms with Gasteiger partial charge in [-0.05, 0) is 37.6 Å². The van der Waals surface area contributed by atoms with Crippen molar-refractivity contribution in [1.82, 2.24) is 15.0 Å². The highest BCUT2D eigenvalue weighted by atomic mass is 19.3. The average molecular weight is 477 g/mol. The summed E-state index contributed by atoms with van der Waals surface area (Å²) < 4.78 is 54.9. The van der Waals surface area contributed by atoms with Crippen LogP contribution < -0.4 is 19.7 Å². The number of ether oxygens (including phenoxy) is 3. The fourth-order valence-electron chi connectivity index (χ4n) is 3.76. The van der Waals surface area contributed by atoms with Gasteiger partial charge in [0, 0.05) is 26.3 Å². The summed E-state index contributed by atoms with van der Waals surface area (Å²) in [4.78, 5) is 14.7. The molecule has 8 nitrogen and oxygen atoms in total. The molecule has 1 unspecified atom stereocenters. The highest BCUT2D eigenvalue weighted by Gasteiger charge is 2.25. The summed E-state index contributed by atoms with van der Waals surface area (Å²) in [5.41, 5.74) is 1.72. The van der Waals surface area contributed by atoms with Gasteiger partial charge in [0.15, 0.2) is 11.6 Å². The fraction of sp³-hybridized carbons (Fsp3) is 0.348. The number of nitrogens with zero attached hydrogens (tertiary/aromatic N) is 4. The molecule has 3 aromatic rings. The number of aromatic nitrogens is 3. The lowest BCUT2D eigenvalue weighted by molar-refractivity contribution is -0.0498. The quantitative estimate of drug-likeness (QED) is 0.515. The van der Waals surface area contributed by atoms with Crippen LogP contribution in [-0.2, 0) is 4.74 Å². The van der Waals surface area contributed by atoms with Crippen LogP contribution in [0.3, 0.4) is 0 Å². The number of alkyl halides is 2. The Hall–Kier alpha value is -3.60. The van der Waals surface area contributed by atoms with Gasteiger partial charge in [0.1, 0.15) is 11.4 Å². The second kappa shape index (κ2) is 10.1. The van der Waals surface area contributed by atoms with Crippen molar-refractivity contribution in [2.45, 2.75) is 32.7 Å². The van der Waals surface area contributed by atoms with Crippen LogP contribution in [0, 0.1) is 5.82 Å². The molecule has 3 heterocycles. The first-order valence-corrected chi connectivity index (χ1v) is 10.6. The third-order valence-corrected chi connectivity index (χ3v) is 5.14. The molecule has 1 N–H and O–H groups in total. The third-order valence-electron chi connectivity index (χ3n) is 5.14. The summed E-state index contributed by atoms with van der Waals surface area (Å²) in [5.74, 6) is -0.0205. The van der Waals surface area contributed by atoms with Crippen molar-refractivity contribution < 1.29 is 28.8 Å². The molecule has 182 valence electrons. The highest BCUT2D eigenvalue weighted by molar-refractivity contribution is 5.72. The van der Waals surface area contributed by atoms with Gasteiger partial charge < -0.3 is 24.4 Å². The van der Waals surface area contributed by atoms with Crippen molar-refractivity contribution >= 4 is 17.5 Å². The zero-order valence-corrected chi connectivity index (χ0v) is 18.8. The van der Waals surface area contributed by atoms with Gasteiger partial charge in [-0.15, -0.1) is 0 Å². The molecular formula is C23H26F3N5O3. The van der Waals surface area contributed by atoms with E-state index in [1.165, 1.54) is 19.2 Å². The fourth-order valence-corrected chi connectivity index (χ4v) is 3.76. The van der Waals surface area contributed by atoms with Gasteiger partial charge in [-0.25, -0.2) is 14.4 Å². The number of hydrogen-bond acceptors (Lipinski definition) is 8. The number of anilines is 3. The molecule has 34 heavy (non-hydrogen) atoms. The average Bonchev–Trinajstić information content (AvgIpc) is 2.80. The predicted molar refractivity (Wildman–Crippen MR) is 122 cm³/mol. The number of pyridine rings is 1. The molecule has 1 fully saturated rings. The van der Waals surface area contributed by atoms with Crippen molar-refractivity contribution in [3.8, 4) is 22.8 Å². The lowest BCUT2D eigenvalue weighted by Gasteiger charge is -2.35. The Morgan fingerprint density at radius 2 is 1.79 bits per heavy atom. The maximum atomic E-state index is 14.6. The van der Waals surface area contributed by atoms with Crippen molar-refractivity contribution in [1.29, 1.82) is 0 Å². The SMILES string of the molecule is COc1ncc(-c2ccc(OC(F)F)cc2)cc1Nc1nc(N2CC(C)O[C@H](C)C2)ncc1F.[HH]. The van der Waals surface area contributed by atoms with Crippen LogP contribution in [-0.4, -0.2) is 54.0 Å². The van der Waals surface area contributed by atoms with E-state index in [1.807, 2.05) is 18.7 Å². The number of rotatable bonds is 7. The summed E-state index contributed by atoms with van der Waals surface area (Å²) in [7, 11) is 1.45. The van der Waals surface area contributed by atoms with Gasteiger partial charge >= 0.3 is 6.61 Å². The number of morpholine rings is 1. The molecule has 0 saturated carbocycles. The molecule has 1 saturated heterocycles. The van der Waals surface area contributed by atoms with Crippen molar-refractivity contribution in [3.05, 3.63) is 48.5 Å². The van der Waals surface area contributed by atoms with Gasteiger partial charge in [-0.2, -0.15) is 13.8 Å². The molecule has 2 aromatic heterocycles. The van der Waals surface area contributed by atoms with E-state index in [1.54, 1.807) is 24.4 Å². The van der Waals surface area contributed by atoms with Crippen LogP contribution in [0.15, 0.2) is 42.7 Å². The smallest absolute Gasteiger partial charge is 0.387 e. The van der Waals surface area contributed by atoms with E-state index >= 15 is 0 Å². The van der Waals surface area contributed by atoms with E-state index in [4.69, 9.17) is 9.47 Å². The van der Waals surface area contributed by atoms with Gasteiger partial charge in [-0.3, -0.25) is 0 Å². The summed E-state index contributed by atoms with van der Waals surface area (Å²) >= 11 is 0. The normalized spacial score (nSPS) is 18.1. The Morgan fingerprint density at radius 3 is 2.44 bits per heavy atom. The van der Waals surface area contributed by atoms with Gasteiger partial charge in [0.05, 0.1) is 25.5 Å². The number of nitrogens with one attached hydrogen (secondary N) is 1. The lowest BCUT2D eigenvalue weighted by Crippen LogP contribution is -2.46. The van der Waals surface area contributed by atoms with E-state index in [-0.39, 0.29) is 31.1 Å². The molecule has 0 aliphatic carbocycles. The van der Waals surface area contributed by atoms with Crippen LogP contribution in [0.5, 0.6) is 11.6 Å². The van der Waals surface area contributed by atoms with E-state index in [2.05, 4.69) is 25.0 Å². The molecule has 0 spiro atoms. The summed E-state index contributed by atoms with van der Waals surface area (Å²) in [6, 6.07) is 7.80. The minimum absolute atomic E-state index is 0. The first-order chi connectivity index (χ1) is 16.3. The molecule has 4 rings (SSSR count). The van der Waals surface area contributed by atoms with Crippen LogP contribution in [0.4, 0.5) is 30.6 Å². The summed E-state index contributed by atoms with van der Waals surface area (Å²) in [6.07, 6.45) is 2.66. The van der Waals surface area contributed by atoms with Crippen LogP contribution >= 0.6 is 0 Å². The zero-order valence-electron chi connectivity index (χ0n) is 18.8. The molecular weight excluding hydrogens is 451 g/mol. The first-order valence-electron chi connectivity index (χ1n) is 10.6. The Balaban J connectivity index is 0.00000342. The monoisotopic (exact) mass is 477 g/mol. The largest absolute Gasteiger partial charge is 0.480 e. The number of benzene rings is 1. The van der Waals surface area contributed by atoms with E-state index in [0.29, 0.717) is 35.9 Å². The van der Waals surface area contributed by atoms with Crippen LogP contribution in [0.2, 0.25) is 0 Å². The van der Waals surface area contributed by atoms with Crippen molar-refractivity contribution in [2.75, 3.05) is 30.4 Å². The molecule has 11 heteroatoms. The van der Waals surface area contributed by atoms with Crippen molar-refractivity contribution in [2.24, 2.45) is 0 Å². The molecule has 1 aromatic carbocycles. The predicted octanol–water partition coefficient (Wildman–Crippen LogP) is 4.89. The second-order valence-corrected chi connectivity index (χ2v) is 7.84. The van der Waals surface area contributed by atoms with Crippen LogP contribution in [0.1, 0.15) is 15.3 Å². The minimum Gasteiger partial charge on any atom is -0.480 e. The summed E-state index contributed by atoms with van der Waals surface area (Å²) in [6.45, 7) is 2.18. The van der Waals surface area contributed by atoms with Gasteiger partial charge in [0.2, 0.25) is 11.8 Å². The summed E-state index contributed by atoms with van der Waals surface area (Å²) in [5, 5.41) is 2.95. The lowest BCUT2D eigenvalue weighted by atomic mass is 10.1. The standard InChI is InChI=1S/C23H24F3N5O3.H2/c1-13-11-31(12-14(2)33-13)23-28-10-18(24)20(30-23)29-19-8-16(9-27-21(19)32-3)15-4-6-17(7-5-15)34-22(25)26;/h4-10,13-14,22H,11-12H2,1-3H3,(H,28,29,30);1H/t13-,14?;/m1./s1. The zero-order chi connectivity index (χ0) is 24.2.